The van der Waals surface area contributed by atoms with Crippen LogP contribution < -0.4 is 11.2 Å². The number of methoxy groups -OCH3 is 1. The monoisotopic (exact) mass is 402 g/mol. The average Bonchev–Trinajstić information content (AvgIpc) is 2.75. The van der Waals surface area contributed by atoms with Crippen LogP contribution in [-0.2, 0) is 4.74 Å². The predicted molar refractivity (Wildman–Crippen MR) is 110 cm³/mol. The van der Waals surface area contributed by atoms with Crippen LogP contribution in [0.5, 0.6) is 0 Å². The molecule has 1 aliphatic carbocycles. The number of hydrogen-bond acceptors (Lipinski definition) is 7. The molecule has 8 heteroatoms. The summed E-state index contributed by atoms with van der Waals surface area (Å²) in [7, 11) is 1.23. The zero-order valence-corrected chi connectivity index (χ0v) is 15.7. The van der Waals surface area contributed by atoms with Crippen LogP contribution in [0.4, 0.5) is 5.69 Å². The van der Waals surface area contributed by atoms with Crippen LogP contribution >= 0.6 is 0 Å². The van der Waals surface area contributed by atoms with Crippen molar-refractivity contribution in [2.75, 3.05) is 7.11 Å². The van der Waals surface area contributed by atoms with Crippen LogP contribution in [0.25, 0.3) is 33.4 Å². The molecule has 0 spiro atoms. The number of nitroso groups, excluding NO2 is 1. The molecule has 8 nitrogen and oxygen atoms in total. The Morgan fingerprint density at radius 2 is 1.77 bits per heavy atom. The number of carbonyl (C=O) groups excluding carboxylic acids is 2. The second-order valence-corrected chi connectivity index (χ2v) is 6.52. The Bertz CT molecular complexity index is 1370. The number of fused-ring (bicyclic) bond motifs is 2. The molecule has 0 atom stereocenters. The normalized spacial score (nSPS) is 10.8. The molecule has 0 unspecified atom stereocenters. The fraction of sp³-hybridized carbons (Fsp3) is 0.0455. The van der Waals surface area contributed by atoms with E-state index in [0.29, 0.717) is 27.7 Å². The fourth-order valence-corrected chi connectivity index (χ4v) is 3.40. The van der Waals surface area contributed by atoms with Gasteiger partial charge in [0.05, 0.1) is 12.7 Å². The summed E-state index contributed by atoms with van der Waals surface area (Å²) in [5.74, 6) is -1.09. The van der Waals surface area contributed by atoms with E-state index < -0.39 is 11.9 Å². The van der Waals surface area contributed by atoms with E-state index in [4.69, 9.17) is 14.9 Å². The molecule has 0 bridgehead atoms. The molecular formula is C22H14N2O6. The quantitative estimate of drug-likeness (QED) is 0.314. The Balaban J connectivity index is 2.16. The smallest absolute Gasteiger partial charge is 0.338 e. The molecule has 2 N–H and O–H groups in total. The Hall–Kier alpha value is -4.33. The van der Waals surface area contributed by atoms with Gasteiger partial charge in [0.15, 0.2) is 5.43 Å². The molecule has 0 radical (unpaired) electrons. The van der Waals surface area contributed by atoms with Gasteiger partial charge >= 0.3 is 5.97 Å². The van der Waals surface area contributed by atoms with Gasteiger partial charge in [0.1, 0.15) is 17.0 Å². The van der Waals surface area contributed by atoms with E-state index in [1.165, 1.54) is 43.5 Å². The third-order valence-electron chi connectivity index (χ3n) is 4.76. The molecule has 148 valence electrons. The second-order valence-electron chi connectivity index (χ2n) is 6.52. The Kier molecular flexibility index (Phi) is 4.59. The van der Waals surface area contributed by atoms with Gasteiger partial charge in [-0.25, -0.2) is 4.79 Å². The first-order valence-electron chi connectivity index (χ1n) is 8.79. The van der Waals surface area contributed by atoms with Gasteiger partial charge in [-0.3, -0.25) is 9.59 Å². The van der Waals surface area contributed by atoms with Crippen molar-refractivity contribution >= 4 is 28.5 Å². The van der Waals surface area contributed by atoms with E-state index in [0.717, 1.165) is 0 Å². The molecule has 1 amide bonds. The van der Waals surface area contributed by atoms with E-state index >= 15 is 0 Å². The van der Waals surface area contributed by atoms with Crippen molar-refractivity contribution < 1.29 is 18.7 Å². The van der Waals surface area contributed by atoms with E-state index in [1.807, 2.05) is 0 Å². The van der Waals surface area contributed by atoms with Gasteiger partial charge in [-0.2, -0.15) is 0 Å². The molecular weight excluding hydrogens is 388 g/mol. The lowest BCUT2D eigenvalue weighted by Gasteiger charge is -2.17. The number of esters is 1. The van der Waals surface area contributed by atoms with Crippen molar-refractivity contribution in [3.05, 3.63) is 80.9 Å². The van der Waals surface area contributed by atoms with E-state index in [1.54, 1.807) is 18.2 Å². The van der Waals surface area contributed by atoms with Crippen molar-refractivity contribution in [3.63, 3.8) is 0 Å². The summed E-state index contributed by atoms with van der Waals surface area (Å²) in [6.45, 7) is 0. The molecule has 1 heterocycles. The number of hydrogen-bond donors (Lipinski definition) is 1. The number of amides is 1. The largest absolute Gasteiger partial charge is 0.465 e. The number of ether oxygens (including phenoxy) is 1. The number of benzene rings is 3. The second kappa shape index (κ2) is 7.25. The highest BCUT2D eigenvalue weighted by molar-refractivity contribution is 6.09. The summed E-state index contributed by atoms with van der Waals surface area (Å²) in [4.78, 5) is 47.0. The molecule has 0 aromatic heterocycles. The summed E-state index contributed by atoms with van der Waals surface area (Å²) < 4.78 is 10.7. The summed E-state index contributed by atoms with van der Waals surface area (Å²) in [6.07, 6.45) is 0. The number of rotatable bonds is 4. The number of carbonyl (C=O) groups is 2. The van der Waals surface area contributed by atoms with Gasteiger partial charge in [-0.15, -0.1) is 4.91 Å². The maximum absolute atomic E-state index is 12.5. The first kappa shape index (κ1) is 19.0. The highest BCUT2D eigenvalue weighted by Crippen LogP contribution is 2.42. The minimum atomic E-state index is -0.692. The molecule has 4 rings (SSSR count). The number of nitrogens with two attached hydrogens (primary N) is 1. The van der Waals surface area contributed by atoms with Gasteiger partial charge in [-0.1, -0.05) is 6.07 Å². The Labute approximate surface area is 169 Å². The molecule has 0 saturated carbocycles. The first-order chi connectivity index (χ1) is 14.4. The zero-order valence-electron chi connectivity index (χ0n) is 15.7. The summed E-state index contributed by atoms with van der Waals surface area (Å²) >= 11 is 0. The lowest BCUT2D eigenvalue weighted by Crippen LogP contribution is -2.13. The zero-order chi connectivity index (χ0) is 21.4. The Morgan fingerprint density at radius 1 is 1.00 bits per heavy atom. The van der Waals surface area contributed by atoms with Crippen LogP contribution in [0.15, 0.2) is 69.0 Å². The molecule has 0 fully saturated rings. The standard InChI is InChI=1S/C22H14N2O6/c1-29-22(27)17-8-11(21(23)26)2-5-14(17)20-15-6-3-12(24-28)9-18(15)30-19-10-13(25)4-7-16(19)20/h2-10H,1H3,(H2,23,26). The molecule has 30 heavy (non-hydrogen) atoms. The highest BCUT2D eigenvalue weighted by atomic mass is 16.5. The van der Waals surface area contributed by atoms with Crippen LogP contribution in [0.1, 0.15) is 20.7 Å². The first-order valence-corrected chi connectivity index (χ1v) is 8.79. The molecule has 2 aliphatic rings. The molecule has 2 aromatic carbocycles. The van der Waals surface area contributed by atoms with Crippen molar-refractivity contribution in [3.8, 4) is 22.5 Å². The van der Waals surface area contributed by atoms with Gasteiger partial charge in [0.25, 0.3) is 0 Å². The molecule has 1 aliphatic heterocycles. The highest BCUT2D eigenvalue weighted by Gasteiger charge is 2.23. The summed E-state index contributed by atoms with van der Waals surface area (Å²) in [5.41, 5.74) is 7.38. The van der Waals surface area contributed by atoms with Crippen LogP contribution in [0, 0.1) is 4.91 Å². The SMILES string of the molecule is COC(=O)c1cc(C(N)=O)ccc1-c1c2ccc(=O)cc-2oc2cc(N=O)ccc12. The molecule has 0 saturated heterocycles. The topological polar surface area (TPSA) is 129 Å². The predicted octanol–water partition coefficient (Wildman–Crippen LogP) is 3.85. The third-order valence-corrected chi connectivity index (χ3v) is 4.76. The lowest BCUT2D eigenvalue weighted by atomic mass is 9.89. The minimum Gasteiger partial charge on any atom is -0.465 e. The maximum atomic E-state index is 12.5. The van der Waals surface area contributed by atoms with Crippen molar-refractivity contribution in [2.45, 2.75) is 0 Å². The van der Waals surface area contributed by atoms with E-state index in [-0.39, 0.29) is 28.0 Å². The van der Waals surface area contributed by atoms with E-state index in [2.05, 4.69) is 5.18 Å². The third kappa shape index (κ3) is 3.10. The van der Waals surface area contributed by atoms with Crippen LogP contribution in [-0.4, -0.2) is 19.0 Å². The van der Waals surface area contributed by atoms with Crippen molar-refractivity contribution in [1.29, 1.82) is 0 Å². The lowest BCUT2D eigenvalue weighted by molar-refractivity contribution is 0.0601. The molecule has 2 aromatic rings. The van der Waals surface area contributed by atoms with Gasteiger partial charge in [-0.05, 0) is 47.1 Å². The summed E-state index contributed by atoms with van der Waals surface area (Å²) in [6, 6.07) is 13.3. The van der Waals surface area contributed by atoms with Crippen molar-refractivity contribution in [1.82, 2.24) is 0 Å². The minimum absolute atomic E-state index is 0.117. The number of nitrogens with zero attached hydrogens (tertiary/aromatic N) is 1. The van der Waals surface area contributed by atoms with Gasteiger partial charge in [0, 0.05) is 34.2 Å². The summed E-state index contributed by atoms with van der Waals surface area (Å²) in [5, 5.41) is 3.49. The van der Waals surface area contributed by atoms with E-state index in [9.17, 15) is 19.3 Å². The van der Waals surface area contributed by atoms with Crippen LogP contribution in [0.3, 0.4) is 0 Å². The Morgan fingerprint density at radius 3 is 2.47 bits per heavy atom. The number of primary amides is 1. The van der Waals surface area contributed by atoms with Crippen LogP contribution in [0.2, 0.25) is 0 Å². The maximum Gasteiger partial charge on any atom is 0.338 e. The average molecular weight is 402 g/mol. The van der Waals surface area contributed by atoms with Gasteiger partial charge < -0.3 is 14.9 Å². The fourth-order valence-electron chi connectivity index (χ4n) is 3.40. The van der Waals surface area contributed by atoms with Crippen molar-refractivity contribution in [2.24, 2.45) is 10.9 Å². The van der Waals surface area contributed by atoms with Gasteiger partial charge in [0.2, 0.25) is 5.91 Å².